The molecule has 0 heterocycles. The molecule has 0 saturated carbocycles. The Labute approximate surface area is 154 Å². The van der Waals surface area contributed by atoms with Crippen LogP contribution in [0, 0.1) is 17.3 Å². The lowest BCUT2D eigenvalue weighted by molar-refractivity contribution is -0.193. The highest BCUT2D eigenvalue weighted by Gasteiger charge is 2.39. The summed E-state index contributed by atoms with van der Waals surface area (Å²) in [5.74, 6) is -1.73. The number of halogens is 3. The summed E-state index contributed by atoms with van der Waals surface area (Å²) in [5, 5.41) is 0. The number of carbonyl (C=O) groups is 2. The molecule has 0 radical (unpaired) electrons. The van der Waals surface area contributed by atoms with Gasteiger partial charge in [0.15, 0.2) is 6.61 Å². The maximum atomic E-state index is 12.7. The quantitative estimate of drug-likeness (QED) is 0.508. The van der Waals surface area contributed by atoms with Crippen molar-refractivity contribution < 1.29 is 32.2 Å². The van der Waals surface area contributed by atoms with Crippen molar-refractivity contribution in [3.63, 3.8) is 0 Å². The van der Waals surface area contributed by atoms with Crippen LogP contribution in [0.4, 0.5) is 13.2 Å². The molecule has 0 rings (SSSR count). The van der Waals surface area contributed by atoms with E-state index in [1.54, 1.807) is 13.8 Å². The van der Waals surface area contributed by atoms with Crippen LogP contribution in [0.1, 0.15) is 74.1 Å². The minimum atomic E-state index is -4.58. The fourth-order valence-corrected chi connectivity index (χ4v) is 2.70. The van der Waals surface area contributed by atoms with Gasteiger partial charge in [-0.1, -0.05) is 48.5 Å². The van der Waals surface area contributed by atoms with Crippen molar-refractivity contribution in [1.29, 1.82) is 0 Å². The summed E-state index contributed by atoms with van der Waals surface area (Å²) in [7, 11) is 0. The summed E-state index contributed by atoms with van der Waals surface area (Å²) >= 11 is 0. The third kappa shape index (κ3) is 9.43. The molecule has 26 heavy (non-hydrogen) atoms. The lowest BCUT2D eigenvalue weighted by Crippen LogP contribution is -2.40. The Morgan fingerprint density at radius 1 is 1.00 bits per heavy atom. The highest BCUT2D eigenvalue weighted by molar-refractivity contribution is 5.75. The van der Waals surface area contributed by atoms with E-state index in [0.717, 1.165) is 0 Å². The number of rotatable bonds is 9. The van der Waals surface area contributed by atoms with Gasteiger partial charge in [-0.05, 0) is 30.6 Å². The molecule has 1 unspecified atom stereocenters. The molecule has 7 heteroatoms. The van der Waals surface area contributed by atoms with E-state index in [1.165, 1.54) is 0 Å². The van der Waals surface area contributed by atoms with Crippen LogP contribution in [-0.2, 0) is 19.1 Å². The van der Waals surface area contributed by atoms with Gasteiger partial charge in [0.1, 0.15) is 5.60 Å². The molecule has 0 aliphatic rings. The minimum absolute atomic E-state index is 0.0466. The second-order valence-corrected chi connectivity index (χ2v) is 8.38. The molecule has 0 aromatic heterocycles. The predicted molar refractivity (Wildman–Crippen MR) is 93.4 cm³/mol. The molecular weight excluding hydrogens is 349 g/mol. The standard InChI is InChI=1S/C19H33F3O4/c1-8-18(9-2,11-15(23)25-12-19(20,21)22)26-16(24)14(13(3)4)10-17(5,6)7/h13-14H,8-12H2,1-7H3. The Balaban J connectivity index is 5.16. The van der Waals surface area contributed by atoms with Crippen LogP contribution in [0.2, 0.25) is 0 Å². The van der Waals surface area contributed by atoms with Crippen LogP contribution in [0.5, 0.6) is 0 Å². The average Bonchev–Trinajstić information content (AvgIpc) is 2.48. The Morgan fingerprint density at radius 3 is 1.85 bits per heavy atom. The van der Waals surface area contributed by atoms with Gasteiger partial charge in [-0.2, -0.15) is 13.2 Å². The summed E-state index contributed by atoms with van der Waals surface area (Å²) in [4.78, 5) is 24.6. The zero-order chi connectivity index (χ0) is 20.8. The molecule has 0 fully saturated rings. The Bertz CT molecular complexity index is 460. The highest BCUT2D eigenvalue weighted by atomic mass is 19.4. The van der Waals surface area contributed by atoms with E-state index >= 15 is 0 Å². The molecule has 154 valence electrons. The normalized spacial score (nSPS) is 14.3. The SMILES string of the molecule is CCC(CC)(CC(=O)OCC(F)(F)F)OC(=O)C(CC(C)(C)C)C(C)C. The van der Waals surface area contributed by atoms with Crippen LogP contribution in [0.3, 0.4) is 0 Å². The summed E-state index contributed by atoms with van der Waals surface area (Å²) in [6, 6.07) is 0. The van der Waals surface area contributed by atoms with Gasteiger partial charge < -0.3 is 9.47 Å². The van der Waals surface area contributed by atoms with Crippen molar-refractivity contribution in [2.75, 3.05) is 6.61 Å². The van der Waals surface area contributed by atoms with Gasteiger partial charge in [0, 0.05) is 0 Å². The zero-order valence-electron chi connectivity index (χ0n) is 17.0. The number of carbonyl (C=O) groups excluding carboxylic acids is 2. The fourth-order valence-electron chi connectivity index (χ4n) is 2.70. The van der Waals surface area contributed by atoms with Gasteiger partial charge in [-0.25, -0.2) is 0 Å². The van der Waals surface area contributed by atoms with Crippen molar-refractivity contribution in [2.24, 2.45) is 17.3 Å². The second kappa shape index (κ2) is 9.60. The lowest BCUT2D eigenvalue weighted by Gasteiger charge is -2.35. The van der Waals surface area contributed by atoms with Crippen LogP contribution in [0.15, 0.2) is 0 Å². The van der Waals surface area contributed by atoms with E-state index < -0.39 is 30.3 Å². The maximum absolute atomic E-state index is 12.7. The second-order valence-electron chi connectivity index (χ2n) is 8.38. The molecule has 0 bridgehead atoms. The van der Waals surface area contributed by atoms with Gasteiger partial charge in [0.2, 0.25) is 0 Å². The summed E-state index contributed by atoms with van der Waals surface area (Å²) in [5.41, 5.74) is -1.23. The first kappa shape index (κ1) is 24.7. The van der Waals surface area contributed by atoms with Gasteiger partial charge >= 0.3 is 18.1 Å². The van der Waals surface area contributed by atoms with Crippen LogP contribution in [0.25, 0.3) is 0 Å². The van der Waals surface area contributed by atoms with Crippen molar-refractivity contribution in [1.82, 2.24) is 0 Å². The molecular formula is C19H33F3O4. The smallest absolute Gasteiger partial charge is 0.422 e. The van der Waals surface area contributed by atoms with Crippen molar-refractivity contribution in [3.8, 4) is 0 Å². The Kier molecular flexibility index (Phi) is 9.13. The number of ether oxygens (including phenoxy) is 2. The van der Waals surface area contributed by atoms with E-state index in [1.807, 2.05) is 34.6 Å². The molecule has 0 spiro atoms. The molecule has 0 aromatic carbocycles. The number of hydrogen-bond acceptors (Lipinski definition) is 4. The maximum Gasteiger partial charge on any atom is 0.422 e. The van der Waals surface area contributed by atoms with Crippen LogP contribution < -0.4 is 0 Å². The first-order valence-electron chi connectivity index (χ1n) is 9.10. The summed E-state index contributed by atoms with van der Waals surface area (Å²) in [6.45, 7) is 11.8. The lowest BCUT2D eigenvalue weighted by atomic mass is 9.79. The monoisotopic (exact) mass is 382 g/mol. The van der Waals surface area contributed by atoms with E-state index in [2.05, 4.69) is 4.74 Å². The van der Waals surface area contributed by atoms with Crippen molar-refractivity contribution in [3.05, 3.63) is 0 Å². The first-order valence-corrected chi connectivity index (χ1v) is 9.10. The molecule has 1 atom stereocenters. The Morgan fingerprint density at radius 2 is 1.50 bits per heavy atom. The fraction of sp³-hybridized carbons (Fsp3) is 0.895. The minimum Gasteiger partial charge on any atom is -0.458 e. The summed E-state index contributed by atoms with van der Waals surface area (Å²) in [6.07, 6.45) is -3.72. The molecule has 0 aliphatic heterocycles. The Hall–Kier alpha value is -1.27. The summed E-state index contributed by atoms with van der Waals surface area (Å²) < 4.78 is 46.6. The molecule has 0 saturated heterocycles. The van der Waals surface area contributed by atoms with Gasteiger partial charge in [0.25, 0.3) is 0 Å². The largest absolute Gasteiger partial charge is 0.458 e. The van der Waals surface area contributed by atoms with E-state index in [9.17, 15) is 22.8 Å². The number of esters is 2. The van der Waals surface area contributed by atoms with Crippen LogP contribution in [-0.4, -0.2) is 30.3 Å². The van der Waals surface area contributed by atoms with E-state index in [-0.39, 0.29) is 23.7 Å². The molecule has 0 aliphatic carbocycles. The molecule has 4 nitrogen and oxygen atoms in total. The molecule has 0 aromatic rings. The highest BCUT2D eigenvalue weighted by Crippen LogP contribution is 2.33. The third-order valence-corrected chi connectivity index (χ3v) is 4.41. The number of hydrogen-bond donors (Lipinski definition) is 0. The average molecular weight is 382 g/mol. The third-order valence-electron chi connectivity index (χ3n) is 4.41. The van der Waals surface area contributed by atoms with Crippen molar-refractivity contribution in [2.45, 2.75) is 85.9 Å². The topological polar surface area (TPSA) is 52.6 Å². The van der Waals surface area contributed by atoms with E-state index in [4.69, 9.17) is 4.74 Å². The van der Waals surface area contributed by atoms with E-state index in [0.29, 0.717) is 19.3 Å². The van der Waals surface area contributed by atoms with Gasteiger partial charge in [-0.3, -0.25) is 9.59 Å². The van der Waals surface area contributed by atoms with Crippen molar-refractivity contribution >= 4 is 11.9 Å². The van der Waals surface area contributed by atoms with Gasteiger partial charge in [0.05, 0.1) is 12.3 Å². The number of alkyl halides is 3. The van der Waals surface area contributed by atoms with Crippen LogP contribution >= 0.6 is 0 Å². The molecule has 0 amide bonds. The molecule has 0 N–H and O–H groups in total. The van der Waals surface area contributed by atoms with Gasteiger partial charge in [-0.15, -0.1) is 0 Å². The first-order chi connectivity index (χ1) is 11.6. The zero-order valence-corrected chi connectivity index (χ0v) is 17.0. The predicted octanol–water partition coefficient (Wildman–Crippen LogP) is 5.29.